The first kappa shape index (κ1) is 20.9. The molecule has 33 heavy (non-hydrogen) atoms. The van der Waals surface area contributed by atoms with E-state index in [2.05, 4.69) is 49.1 Å². The standard InChI is InChI=1S/C28H28ClNO3/c1-28(2)15-23-27(24(31)16-28)21(17-4-6-19(29)7-5-17)13-22-20-14-26-25(32-10-3-11-33-26)12-18(20)8-9-30(22)23/h4-7,12-14,21H,3,8-11,15-16H2,1-2H3/t21-/m0/s1. The van der Waals surface area contributed by atoms with Gasteiger partial charge in [0.15, 0.2) is 17.3 Å². The third-order valence-corrected chi connectivity index (χ3v) is 7.48. The van der Waals surface area contributed by atoms with Crippen molar-refractivity contribution in [3.05, 3.63) is 75.5 Å². The molecule has 1 aliphatic carbocycles. The highest BCUT2D eigenvalue weighted by molar-refractivity contribution is 6.30. The van der Waals surface area contributed by atoms with E-state index >= 15 is 0 Å². The molecule has 170 valence electrons. The van der Waals surface area contributed by atoms with Gasteiger partial charge in [0.25, 0.3) is 0 Å². The zero-order valence-electron chi connectivity index (χ0n) is 19.1. The third kappa shape index (κ3) is 3.56. The Kier molecular flexibility index (Phi) is 4.84. The van der Waals surface area contributed by atoms with Crippen molar-refractivity contribution < 1.29 is 14.3 Å². The molecule has 0 amide bonds. The van der Waals surface area contributed by atoms with E-state index in [1.54, 1.807) is 0 Å². The molecule has 3 aliphatic heterocycles. The number of hydrogen-bond donors (Lipinski definition) is 0. The monoisotopic (exact) mass is 461 g/mol. The van der Waals surface area contributed by atoms with Gasteiger partial charge in [0.1, 0.15) is 0 Å². The third-order valence-electron chi connectivity index (χ3n) is 7.23. The maximum absolute atomic E-state index is 13.5. The molecular formula is C28H28ClNO3. The first-order chi connectivity index (χ1) is 15.9. The van der Waals surface area contributed by atoms with Crippen molar-refractivity contribution in [1.29, 1.82) is 0 Å². The highest BCUT2D eigenvalue weighted by atomic mass is 35.5. The minimum absolute atomic E-state index is 0.0477. The Hall–Kier alpha value is -2.72. The summed E-state index contributed by atoms with van der Waals surface area (Å²) in [6.45, 7) is 6.63. The molecule has 0 radical (unpaired) electrons. The van der Waals surface area contributed by atoms with Crippen molar-refractivity contribution >= 4 is 23.1 Å². The highest BCUT2D eigenvalue weighted by Gasteiger charge is 2.42. The van der Waals surface area contributed by atoms with Crippen molar-refractivity contribution in [2.75, 3.05) is 19.8 Å². The number of ether oxygens (including phenoxy) is 2. The highest BCUT2D eigenvalue weighted by Crippen LogP contribution is 2.51. The van der Waals surface area contributed by atoms with Crippen LogP contribution in [0.25, 0.3) is 5.70 Å². The number of nitrogens with zero attached hydrogens (tertiary/aromatic N) is 1. The summed E-state index contributed by atoms with van der Waals surface area (Å²) < 4.78 is 12.0. The zero-order valence-corrected chi connectivity index (χ0v) is 19.9. The Bertz CT molecular complexity index is 1210. The maximum Gasteiger partial charge on any atom is 0.162 e. The van der Waals surface area contributed by atoms with Crippen molar-refractivity contribution in [2.24, 2.45) is 5.41 Å². The molecule has 0 unspecified atom stereocenters. The summed E-state index contributed by atoms with van der Waals surface area (Å²) in [7, 11) is 0. The number of Topliss-reactive ketones (excluding diaryl/α,β-unsaturated/α-hetero) is 1. The van der Waals surface area contributed by atoms with Gasteiger partial charge >= 0.3 is 0 Å². The molecular weight excluding hydrogens is 434 g/mol. The number of rotatable bonds is 1. The van der Waals surface area contributed by atoms with Crippen LogP contribution in [0.15, 0.2) is 53.7 Å². The molecule has 0 bridgehead atoms. The molecule has 0 saturated carbocycles. The van der Waals surface area contributed by atoms with Crippen molar-refractivity contribution in [3.8, 4) is 11.5 Å². The normalized spacial score (nSPS) is 23.2. The van der Waals surface area contributed by atoms with Crippen LogP contribution < -0.4 is 9.47 Å². The Morgan fingerprint density at radius 1 is 1.03 bits per heavy atom. The number of carbonyl (C=O) groups is 1. The lowest BCUT2D eigenvalue weighted by atomic mass is 9.69. The van der Waals surface area contributed by atoms with E-state index in [1.807, 2.05) is 12.1 Å². The van der Waals surface area contributed by atoms with Gasteiger partial charge in [-0.1, -0.05) is 37.6 Å². The molecule has 0 spiro atoms. The minimum Gasteiger partial charge on any atom is -0.490 e. The molecule has 3 heterocycles. The van der Waals surface area contributed by atoms with Gasteiger partial charge in [0, 0.05) is 52.9 Å². The van der Waals surface area contributed by atoms with Gasteiger partial charge in [0.05, 0.1) is 13.2 Å². The lowest BCUT2D eigenvalue weighted by molar-refractivity contribution is -0.118. The molecule has 2 aromatic rings. The van der Waals surface area contributed by atoms with E-state index in [4.69, 9.17) is 21.1 Å². The fraction of sp³-hybridized carbons (Fsp3) is 0.393. The second-order valence-electron chi connectivity index (χ2n) is 10.3. The van der Waals surface area contributed by atoms with Crippen LogP contribution in [-0.2, 0) is 11.2 Å². The molecule has 0 aromatic heterocycles. The Labute approximate surface area is 199 Å². The first-order valence-corrected chi connectivity index (χ1v) is 12.2. The average molecular weight is 462 g/mol. The predicted molar refractivity (Wildman–Crippen MR) is 130 cm³/mol. The van der Waals surface area contributed by atoms with Gasteiger partial charge < -0.3 is 14.4 Å². The van der Waals surface area contributed by atoms with Crippen LogP contribution in [0.5, 0.6) is 11.5 Å². The number of allylic oxidation sites excluding steroid dienone is 3. The summed E-state index contributed by atoms with van der Waals surface area (Å²) >= 11 is 6.18. The van der Waals surface area contributed by atoms with Crippen LogP contribution in [0.2, 0.25) is 5.02 Å². The molecule has 4 nitrogen and oxygen atoms in total. The average Bonchev–Trinajstić information content (AvgIpc) is 3.01. The largest absolute Gasteiger partial charge is 0.490 e. The second kappa shape index (κ2) is 7.66. The van der Waals surface area contributed by atoms with E-state index in [-0.39, 0.29) is 17.1 Å². The lowest BCUT2D eigenvalue weighted by Crippen LogP contribution is -2.40. The van der Waals surface area contributed by atoms with Crippen molar-refractivity contribution in [2.45, 2.75) is 45.4 Å². The molecule has 2 aromatic carbocycles. The fourth-order valence-corrected chi connectivity index (χ4v) is 5.85. The first-order valence-electron chi connectivity index (χ1n) is 11.8. The summed E-state index contributed by atoms with van der Waals surface area (Å²) in [5.41, 5.74) is 6.84. The van der Waals surface area contributed by atoms with Crippen LogP contribution in [0.4, 0.5) is 0 Å². The van der Waals surface area contributed by atoms with Gasteiger partial charge in [0.2, 0.25) is 0 Å². The van der Waals surface area contributed by atoms with E-state index in [1.165, 1.54) is 22.5 Å². The van der Waals surface area contributed by atoms with E-state index in [0.29, 0.717) is 24.7 Å². The van der Waals surface area contributed by atoms with Crippen molar-refractivity contribution in [1.82, 2.24) is 4.90 Å². The molecule has 4 aliphatic rings. The van der Waals surface area contributed by atoms with E-state index < -0.39 is 0 Å². The van der Waals surface area contributed by atoms with Gasteiger partial charge in [-0.25, -0.2) is 0 Å². The quantitative estimate of drug-likeness (QED) is 0.511. The summed E-state index contributed by atoms with van der Waals surface area (Å²) in [5, 5.41) is 0.706. The smallest absolute Gasteiger partial charge is 0.162 e. The summed E-state index contributed by atoms with van der Waals surface area (Å²) in [6, 6.07) is 12.2. The SMILES string of the molecule is CC1(C)CC(=O)C2=C(C1)N1CCc3cc4c(cc3C1=C[C@H]2c1ccc(Cl)cc1)OCCCO4. The number of hydrogen-bond acceptors (Lipinski definition) is 4. The second-order valence-corrected chi connectivity index (χ2v) is 10.7. The number of benzene rings is 2. The maximum atomic E-state index is 13.5. The molecule has 5 heteroatoms. The number of carbonyl (C=O) groups excluding carboxylic acids is 1. The number of halogens is 1. The summed E-state index contributed by atoms with van der Waals surface area (Å²) in [4.78, 5) is 15.9. The molecule has 0 saturated heterocycles. The van der Waals surface area contributed by atoms with Crippen molar-refractivity contribution in [3.63, 3.8) is 0 Å². The number of ketones is 1. The Balaban J connectivity index is 1.52. The Morgan fingerprint density at radius 2 is 1.76 bits per heavy atom. The summed E-state index contributed by atoms with van der Waals surface area (Å²) in [5.74, 6) is 1.85. The van der Waals surface area contributed by atoms with Crippen LogP contribution in [0.1, 0.15) is 55.7 Å². The molecule has 6 rings (SSSR count). The molecule has 0 N–H and O–H groups in total. The van der Waals surface area contributed by atoms with Crippen LogP contribution >= 0.6 is 11.6 Å². The molecule has 0 fully saturated rings. The molecule has 1 atom stereocenters. The van der Waals surface area contributed by atoms with Crippen LogP contribution in [0, 0.1) is 5.41 Å². The Morgan fingerprint density at radius 3 is 2.52 bits per heavy atom. The van der Waals surface area contributed by atoms with Crippen LogP contribution in [0.3, 0.4) is 0 Å². The van der Waals surface area contributed by atoms with E-state index in [0.717, 1.165) is 48.4 Å². The van der Waals surface area contributed by atoms with Gasteiger partial charge in [-0.15, -0.1) is 0 Å². The predicted octanol–water partition coefficient (Wildman–Crippen LogP) is 6.14. The van der Waals surface area contributed by atoms with E-state index in [9.17, 15) is 4.79 Å². The summed E-state index contributed by atoms with van der Waals surface area (Å²) in [6.07, 6.45) is 5.57. The van der Waals surface area contributed by atoms with Gasteiger partial charge in [-0.3, -0.25) is 4.79 Å². The van der Waals surface area contributed by atoms with Crippen LogP contribution in [-0.4, -0.2) is 30.4 Å². The number of fused-ring (bicyclic) bond motifs is 5. The van der Waals surface area contributed by atoms with Gasteiger partial charge in [-0.05, 0) is 59.7 Å². The lowest BCUT2D eigenvalue weighted by Gasteiger charge is -2.46. The fourth-order valence-electron chi connectivity index (χ4n) is 5.72. The zero-order chi connectivity index (χ0) is 22.7. The minimum atomic E-state index is -0.0750. The topological polar surface area (TPSA) is 38.8 Å². The van der Waals surface area contributed by atoms with Gasteiger partial charge in [-0.2, -0.15) is 0 Å².